The van der Waals surface area contributed by atoms with Gasteiger partial charge in [-0.05, 0) is 31.0 Å². The summed E-state index contributed by atoms with van der Waals surface area (Å²) < 4.78 is 1.91. The summed E-state index contributed by atoms with van der Waals surface area (Å²) >= 11 is 6.06. The summed E-state index contributed by atoms with van der Waals surface area (Å²) in [5.74, 6) is 0.132. The number of hydrogen-bond acceptors (Lipinski definition) is 2. The highest BCUT2D eigenvalue weighted by atomic mass is 35.5. The molecule has 0 bridgehead atoms. The Hall–Kier alpha value is -1.61. The molecular formula is C16H19ClN2O. The molecule has 106 valence electrons. The van der Waals surface area contributed by atoms with E-state index in [1.54, 1.807) is 0 Å². The highest BCUT2D eigenvalue weighted by molar-refractivity contribution is 6.31. The molecule has 0 radical (unpaired) electrons. The van der Waals surface area contributed by atoms with Crippen molar-refractivity contribution in [2.45, 2.75) is 39.2 Å². The van der Waals surface area contributed by atoms with Crippen molar-refractivity contribution < 1.29 is 4.79 Å². The first-order chi connectivity index (χ1) is 9.60. The van der Waals surface area contributed by atoms with Crippen LogP contribution in [0, 0.1) is 0 Å². The number of nitrogens with zero attached hydrogens (tertiary/aromatic N) is 2. The molecule has 3 nitrogen and oxygen atoms in total. The molecule has 1 aromatic carbocycles. The van der Waals surface area contributed by atoms with Gasteiger partial charge in [-0.3, -0.25) is 9.48 Å². The third-order valence-corrected chi connectivity index (χ3v) is 3.80. The molecular weight excluding hydrogens is 272 g/mol. The summed E-state index contributed by atoms with van der Waals surface area (Å²) in [7, 11) is 0. The molecule has 0 N–H and O–H groups in total. The van der Waals surface area contributed by atoms with Gasteiger partial charge in [-0.25, -0.2) is 0 Å². The van der Waals surface area contributed by atoms with Gasteiger partial charge >= 0.3 is 0 Å². The van der Waals surface area contributed by atoms with E-state index in [0.29, 0.717) is 23.9 Å². The van der Waals surface area contributed by atoms with Gasteiger partial charge in [0.1, 0.15) is 5.78 Å². The van der Waals surface area contributed by atoms with E-state index in [4.69, 9.17) is 11.6 Å². The van der Waals surface area contributed by atoms with Crippen LogP contribution in [0.3, 0.4) is 0 Å². The molecule has 0 aliphatic rings. The lowest BCUT2D eigenvalue weighted by atomic mass is 10.1. The molecule has 4 heteroatoms. The second-order valence-electron chi connectivity index (χ2n) is 5.03. The van der Waals surface area contributed by atoms with E-state index in [1.807, 2.05) is 41.2 Å². The normalized spacial score (nSPS) is 12.3. The molecule has 1 unspecified atom stereocenters. The maximum Gasteiger partial charge on any atom is 0.143 e. The second-order valence-corrected chi connectivity index (χ2v) is 5.44. The lowest BCUT2D eigenvalue weighted by molar-refractivity contribution is -0.117. The zero-order chi connectivity index (χ0) is 14.5. The zero-order valence-electron chi connectivity index (χ0n) is 11.8. The molecule has 0 aliphatic carbocycles. The van der Waals surface area contributed by atoms with Gasteiger partial charge in [-0.15, -0.1) is 0 Å². The van der Waals surface area contributed by atoms with Crippen molar-refractivity contribution in [2.75, 3.05) is 0 Å². The summed E-state index contributed by atoms with van der Waals surface area (Å²) in [6.45, 7) is 4.23. The van der Waals surface area contributed by atoms with Crippen LogP contribution >= 0.6 is 11.6 Å². The predicted molar refractivity (Wildman–Crippen MR) is 81.1 cm³/mol. The van der Waals surface area contributed by atoms with Gasteiger partial charge in [0.25, 0.3) is 0 Å². The Labute approximate surface area is 124 Å². The summed E-state index contributed by atoms with van der Waals surface area (Å²) in [4.78, 5) is 12.1. The Morgan fingerprint density at radius 2 is 2.05 bits per heavy atom. The highest BCUT2D eigenvalue weighted by Crippen LogP contribution is 2.16. The minimum Gasteiger partial charge on any atom is -0.299 e. The molecule has 0 spiro atoms. The van der Waals surface area contributed by atoms with E-state index in [0.717, 1.165) is 17.7 Å². The minimum absolute atomic E-state index is 0.132. The van der Waals surface area contributed by atoms with E-state index in [2.05, 4.69) is 18.9 Å². The van der Waals surface area contributed by atoms with Gasteiger partial charge in [0, 0.05) is 23.7 Å². The van der Waals surface area contributed by atoms with Crippen LogP contribution in [-0.4, -0.2) is 15.6 Å². The summed E-state index contributed by atoms with van der Waals surface area (Å²) in [6.07, 6.45) is 3.67. The number of aromatic nitrogens is 2. The van der Waals surface area contributed by atoms with E-state index < -0.39 is 0 Å². The Morgan fingerprint density at radius 3 is 2.75 bits per heavy atom. The molecule has 0 amide bonds. The van der Waals surface area contributed by atoms with Gasteiger partial charge in [-0.2, -0.15) is 5.10 Å². The summed E-state index contributed by atoms with van der Waals surface area (Å²) in [5.41, 5.74) is 1.70. The second kappa shape index (κ2) is 6.71. The molecule has 2 aromatic rings. The van der Waals surface area contributed by atoms with Gasteiger partial charge in [0.15, 0.2) is 0 Å². The zero-order valence-corrected chi connectivity index (χ0v) is 12.6. The number of hydrogen-bond donors (Lipinski definition) is 0. The van der Waals surface area contributed by atoms with E-state index in [9.17, 15) is 4.79 Å². The molecule has 1 heterocycles. The quantitative estimate of drug-likeness (QED) is 0.809. The molecule has 1 aromatic heterocycles. The van der Waals surface area contributed by atoms with Crippen LogP contribution in [0.25, 0.3) is 0 Å². The van der Waals surface area contributed by atoms with Crippen molar-refractivity contribution in [1.29, 1.82) is 0 Å². The highest BCUT2D eigenvalue weighted by Gasteiger charge is 2.11. The monoisotopic (exact) mass is 290 g/mol. The summed E-state index contributed by atoms with van der Waals surface area (Å²) in [5, 5.41) is 5.09. The topological polar surface area (TPSA) is 34.9 Å². The average molecular weight is 291 g/mol. The predicted octanol–water partition coefficient (Wildman–Crippen LogP) is 3.86. The Bertz CT molecular complexity index is 592. The number of carbonyl (C=O) groups excluding carboxylic acids is 1. The summed E-state index contributed by atoms with van der Waals surface area (Å²) in [6, 6.07) is 9.73. The number of carbonyl (C=O) groups is 1. The maximum atomic E-state index is 12.1. The van der Waals surface area contributed by atoms with Crippen molar-refractivity contribution in [3.8, 4) is 0 Å². The van der Waals surface area contributed by atoms with E-state index >= 15 is 0 Å². The third-order valence-electron chi connectivity index (χ3n) is 3.43. The van der Waals surface area contributed by atoms with Gasteiger partial charge in [0.2, 0.25) is 0 Å². The Kier molecular flexibility index (Phi) is 4.96. The van der Waals surface area contributed by atoms with Crippen LogP contribution in [0.1, 0.15) is 37.6 Å². The molecule has 20 heavy (non-hydrogen) atoms. The standard InChI is InChI=1S/C16H19ClN2O/c1-3-12(2)19-9-8-14(18-19)11-15(20)10-13-6-4-5-7-16(13)17/h4-9,12H,3,10-11H2,1-2H3. The molecule has 0 saturated carbocycles. The van der Waals surface area contributed by atoms with E-state index in [1.165, 1.54) is 0 Å². The Balaban J connectivity index is 1.98. The SMILES string of the molecule is CCC(C)n1ccc(CC(=O)Cc2ccccc2Cl)n1. The van der Waals surface area contributed by atoms with E-state index in [-0.39, 0.29) is 5.78 Å². The van der Waals surface area contributed by atoms with Crippen molar-refractivity contribution in [1.82, 2.24) is 9.78 Å². The van der Waals surface area contributed by atoms with Crippen LogP contribution in [0.2, 0.25) is 5.02 Å². The van der Waals surface area contributed by atoms with Crippen molar-refractivity contribution in [3.05, 3.63) is 52.8 Å². The third kappa shape index (κ3) is 3.70. The van der Waals surface area contributed by atoms with Crippen LogP contribution in [-0.2, 0) is 17.6 Å². The lowest BCUT2D eigenvalue weighted by Gasteiger charge is -2.08. The van der Waals surface area contributed by atoms with Gasteiger partial charge in [0.05, 0.1) is 12.1 Å². The first-order valence-electron chi connectivity index (χ1n) is 6.89. The first kappa shape index (κ1) is 14.8. The van der Waals surface area contributed by atoms with Crippen LogP contribution in [0.15, 0.2) is 36.5 Å². The minimum atomic E-state index is 0.132. The van der Waals surface area contributed by atoms with Crippen molar-refractivity contribution >= 4 is 17.4 Å². The number of Topliss-reactive ketones (excluding diaryl/α,β-unsaturated/α-hetero) is 1. The van der Waals surface area contributed by atoms with Gasteiger partial charge in [-0.1, -0.05) is 36.7 Å². The fraction of sp³-hybridized carbons (Fsp3) is 0.375. The molecule has 0 fully saturated rings. The fourth-order valence-electron chi connectivity index (χ4n) is 2.02. The molecule has 1 atom stereocenters. The number of halogens is 1. The van der Waals surface area contributed by atoms with Crippen LogP contribution in [0.4, 0.5) is 0 Å². The average Bonchev–Trinajstić information content (AvgIpc) is 2.89. The number of rotatable bonds is 6. The van der Waals surface area contributed by atoms with Crippen molar-refractivity contribution in [3.63, 3.8) is 0 Å². The number of ketones is 1. The maximum absolute atomic E-state index is 12.1. The largest absolute Gasteiger partial charge is 0.299 e. The smallest absolute Gasteiger partial charge is 0.143 e. The van der Waals surface area contributed by atoms with Crippen molar-refractivity contribution in [2.24, 2.45) is 0 Å². The Morgan fingerprint density at radius 1 is 1.30 bits per heavy atom. The molecule has 0 saturated heterocycles. The van der Waals surface area contributed by atoms with Crippen LogP contribution in [0.5, 0.6) is 0 Å². The van der Waals surface area contributed by atoms with Crippen LogP contribution < -0.4 is 0 Å². The first-order valence-corrected chi connectivity index (χ1v) is 7.27. The number of benzene rings is 1. The lowest BCUT2D eigenvalue weighted by Crippen LogP contribution is -2.09. The van der Waals surface area contributed by atoms with Gasteiger partial charge < -0.3 is 0 Å². The molecule has 2 rings (SSSR count). The molecule has 0 aliphatic heterocycles. The fourth-order valence-corrected chi connectivity index (χ4v) is 2.23.